The van der Waals surface area contributed by atoms with Crippen LogP contribution in [0.1, 0.15) is 16.1 Å². The van der Waals surface area contributed by atoms with Crippen LogP contribution in [0.4, 0.5) is 21.3 Å². The van der Waals surface area contributed by atoms with Crippen molar-refractivity contribution in [3.63, 3.8) is 0 Å². The number of amides is 3. The number of methoxy groups -OCH3 is 1. The zero-order valence-electron chi connectivity index (χ0n) is 14.8. The minimum atomic E-state index is -0.421. The third-order valence-electron chi connectivity index (χ3n) is 3.61. The molecule has 1 heterocycles. The van der Waals surface area contributed by atoms with E-state index < -0.39 is 6.03 Å². The lowest BCUT2D eigenvalue weighted by Gasteiger charge is -2.06. The highest BCUT2D eigenvalue weighted by Gasteiger charge is 2.13. The van der Waals surface area contributed by atoms with Gasteiger partial charge in [-0.2, -0.15) is 0 Å². The zero-order valence-corrected chi connectivity index (χ0v) is 15.6. The lowest BCUT2D eigenvalue weighted by molar-refractivity contribution is 0.102. The topological polar surface area (TPSA) is 92.4 Å². The largest absolute Gasteiger partial charge is 0.497 e. The molecule has 3 rings (SSSR count). The van der Waals surface area contributed by atoms with E-state index in [1.54, 1.807) is 36.8 Å². The van der Waals surface area contributed by atoms with Crippen molar-refractivity contribution < 1.29 is 14.3 Å². The highest BCUT2D eigenvalue weighted by atomic mass is 32.1. The van der Waals surface area contributed by atoms with Crippen LogP contribution < -0.4 is 20.7 Å². The Balaban J connectivity index is 1.57. The van der Waals surface area contributed by atoms with Crippen molar-refractivity contribution in [2.24, 2.45) is 0 Å². The van der Waals surface area contributed by atoms with E-state index >= 15 is 0 Å². The molecule has 1 aromatic heterocycles. The van der Waals surface area contributed by atoms with Gasteiger partial charge >= 0.3 is 6.03 Å². The van der Waals surface area contributed by atoms with Gasteiger partial charge in [0.1, 0.15) is 11.4 Å². The first-order valence-electron chi connectivity index (χ1n) is 8.09. The van der Waals surface area contributed by atoms with Crippen molar-refractivity contribution in [1.29, 1.82) is 0 Å². The molecule has 138 valence electrons. The third kappa shape index (κ3) is 5.05. The summed E-state index contributed by atoms with van der Waals surface area (Å²) in [5, 5.41) is 9.99. The van der Waals surface area contributed by atoms with Crippen LogP contribution in [-0.2, 0) is 0 Å². The van der Waals surface area contributed by atoms with E-state index in [4.69, 9.17) is 4.74 Å². The Kier molecular flexibility index (Phi) is 5.68. The van der Waals surface area contributed by atoms with Crippen molar-refractivity contribution in [3.05, 3.63) is 65.2 Å². The quantitative estimate of drug-likeness (QED) is 0.611. The molecule has 3 aromatic rings. The molecule has 0 saturated heterocycles. The van der Waals surface area contributed by atoms with Gasteiger partial charge in [0.05, 0.1) is 7.11 Å². The van der Waals surface area contributed by atoms with Crippen molar-refractivity contribution in [3.8, 4) is 5.75 Å². The van der Waals surface area contributed by atoms with Crippen LogP contribution in [0, 0.1) is 6.92 Å². The van der Waals surface area contributed by atoms with Crippen LogP contribution in [0.3, 0.4) is 0 Å². The van der Waals surface area contributed by atoms with E-state index in [0.717, 1.165) is 5.56 Å². The lowest BCUT2D eigenvalue weighted by Crippen LogP contribution is -2.19. The number of carbonyl (C=O) groups is 2. The Bertz CT molecular complexity index is 936. The summed E-state index contributed by atoms with van der Waals surface area (Å²) in [7, 11) is 1.58. The van der Waals surface area contributed by atoms with Gasteiger partial charge in [-0.1, -0.05) is 17.7 Å². The first-order chi connectivity index (χ1) is 13.0. The number of aromatic nitrogens is 1. The molecule has 27 heavy (non-hydrogen) atoms. The summed E-state index contributed by atoms with van der Waals surface area (Å²) >= 11 is 1.17. The molecule has 0 bridgehead atoms. The fraction of sp³-hybridized carbons (Fsp3) is 0.105. The van der Waals surface area contributed by atoms with Gasteiger partial charge in [0.25, 0.3) is 5.91 Å². The summed E-state index contributed by atoms with van der Waals surface area (Å²) in [4.78, 5) is 28.4. The number of thiazole rings is 1. The minimum absolute atomic E-state index is 0.224. The van der Waals surface area contributed by atoms with Gasteiger partial charge in [0, 0.05) is 16.8 Å². The number of ether oxygens (including phenoxy) is 1. The Labute approximate surface area is 160 Å². The average molecular weight is 382 g/mol. The van der Waals surface area contributed by atoms with Gasteiger partial charge in [-0.05, 0) is 43.3 Å². The van der Waals surface area contributed by atoms with E-state index in [-0.39, 0.29) is 11.6 Å². The van der Waals surface area contributed by atoms with Gasteiger partial charge < -0.3 is 15.4 Å². The van der Waals surface area contributed by atoms with Gasteiger partial charge in [0.2, 0.25) is 0 Å². The van der Waals surface area contributed by atoms with E-state index in [9.17, 15) is 9.59 Å². The van der Waals surface area contributed by atoms with Gasteiger partial charge in [-0.25, -0.2) is 9.78 Å². The maximum Gasteiger partial charge on any atom is 0.325 e. The van der Waals surface area contributed by atoms with Crippen molar-refractivity contribution in [2.75, 3.05) is 23.1 Å². The molecule has 3 N–H and O–H groups in total. The molecule has 8 heteroatoms. The van der Waals surface area contributed by atoms with Gasteiger partial charge in [-0.3, -0.25) is 10.1 Å². The Hall–Kier alpha value is -3.39. The second kappa shape index (κ2) is 8.33. The van der Waals surface area contributed by atoms with Gasteiger partial charge in [-0.15, -0.1) is 11.3 Å². The molecule has 0 saturated carbocycles. The third-order valence-corrected chi connectivity index (χ3v) is 4.37. The fourth-order valence-electron chi connectivity index (χ4n) is 2.20. The summed E-state index contributed by atoms with van der Waals surface area (Å²) in [6.45, 7) is 1.97. The highest BCUT2D eigenvalue weighted by Crippen LogP contribution is 2.19. The molecule has 0 aliphatic carbocycles. The fourth-order valence-corrected chi connectivity index (χ4v) is 2.89. The molecule has 0 atom stereocenters. The van der Waals surface area contributed by atoms with Crippen LogP contribution in [-0.4, -0.2) is 24.0 Å². The number of hydrogen-bond donors (Lipinski definition) is 3. The molecule has 0 aliphatic heterocycles. The summed E-state index contributed by atoms with van der Waals surface area (Å²) < 4.78 is 5.08. The van der Waals surface area contributed by atoms with Crippen LogP contribution in [0.5, 0.6) is 5.75 Å². The maximum absolute atomic E-state index is 12.3. The standard InChI is InChI=1S/C19H18N4O3S/c1-12-3-5-14(6-4-12)21-18(25)23-19-22-16(11-27-19)17(24)20-13-7-9-15(26-2)10-8-13/h3-11H,1-2H3,(H,20,24)(H2,21,22,23,25). The first kappa shape index (κ1) is 18.4. The van der Waals surface area contributed by atoms with E-state index in [1.165, 1.54) is 11.3 Å². The van der Waals surface area contributed by atoms with Crippen molar-refractivity contribution in [1.82, 2.24) is 4.98 Å². The number of rotatable bonds is 5. The Morgan fingerprint density at radius 2 is 1.56 bits per heavy atom. The summed E-state index contributed by atoms with van der Waals surface area (Å²) in [5.74, 6) is 0.344. The van der Waals surface area contributed by atoms with Crippen molar-refractivity contribution >= 4 is 39.8 Å². The second-order valence-corrected chi connectivity index (χ2v) is 6.52. The number of nitrogens with zero attached hydrogens (tertiary/aromatic N) is 1. The van der Waals surface area contributed by atoms with E-state index in [0.29, 0.717) is 22.3 Å². The van der Waals surface area contributed by atoms with Gasteiger partial charge in [0.15, 0.2) is 5.13 Å². The molecule has 2 aromatic carbocycles. The molecule has 3 amide bonds. The number of carbonyl (C=O) groups excluding carboxylic acids is 2. The Morgan fingerprint density at radius 1 is 0.926 bits per heavy atom. The number of urea groups is 1. The molecule has 0 radical (unpaired) electrons. The van der Waals surface area contributed by atoms with Crippen molar-refractivity contribution in [2.45, 2.75) is 6.92 Å². The van der Waals surface area contributed by atoms with Crippen LogP contribution in [0.25, 0.3) is 0 Å². The molecule has 7 nitrogen and oxygen atoms in total. The summed E-state index contributed by atoms with van der Waals surface area (Å²) in [6.07, 6.45) is 0. The highest BCUT2D eigenvalue weighted by molar-refractivity contribution is 7.14. The van der Waals surface area contributed by atoms with E-state index in [1.807, 2.05) is 31.2 Å². The number of anilines is 3. The van der Waals surface area contributed by atoms with Crippen LogP contribution in [0.2, 0.25) is 0 Å². The first-order valence-corrected chi connectivity index (χ1v) is 8.97. The molecular formula is C19H18N4O3S. The molecular weight excluding hydrogens is 364 g/mol. The number of benzene rings is 2. The smallest absolute Gasteiger partial charge is 0.325 e. The number of nitrogens with one attached hydrogen (secondary N) is 3. The van der Waals surface area contributed by atoms with Crippen LogP contribution >= 0.6 is 11.3 Å². The maximum atomic E-state index is 12.3. The predicted molar refractivity (Wildman–Crippen MR) is 107 cm³/mol. The average Bonchev–Trinajstić information content (AvgIpc) is 3.13. The molecule has 0 spiro atoms. The number of hydrogen-bond acceptors (Lipinski definition) is 5. The Morgan fingerprint density at radius 3 is 2.22 bits per heavy atom. The molecule has 0 fully saturated rings. The summed E-state index contributed by atoms with van der Waals surface area (Å²) in [5.41, 5.74) is 2.63. The second-order valence-electron chi connectivity index (χ2n) is 5.67. The van der Waals surface area contributed by atoms with Crippen LogP contribution in [0.15, 0.2) is 53.9 Å². The molecule has 0 aliphatic rings. The van der Waals surface area contributed by atoms with E-state index in [2.05, 4.69) is 20.9 Å². The zero-order chi connectivity index (χ0) is 19.2. The lowest BCUT2D eigenvalue weighted by atomic mass is 10.2. The normalized spacial score (nSPS) is 10.1. The number of aryl methyl sites for hydroxylation is 1. The molecule has 0 unspecified atom stereocenters. The predicted octanol–water partition coefficient (Wildman–Crippen LogP) is 4.36. The minimum Gasteiger partial charge on any atom is -0.497 e. The SMILES string of the molecule is COc1ccc(NC(=O)c2csc(NC(=O)Nc3ccc(C)cc3)n2)cc1. The summed E-state index contributed by atoms with van der Waals surface area (Å²) in [6, 6.07) is 14.0. The monoisotopic (exact) mass is 382 g/mol.